The van der Waals surface area contributed by atoms with Crippen LogP contribution < -0.4 is 5.32 Å². The van der Waals surface area contributed by atoms with E-state index in [2.05, 4.69) is 10.4 Å². The molecule has 16 heavy (non-hydrogen) atoms. The Hall–Kier alpha value is -0.750. The largest absolute Gasteiger partial charge is 0.390 e. The van der Waals surface area contributed by atoms with Gasteiger partial charge in [0.2, 0.25) is 0 Å². The van der Waals surface area contributed by atoms with Crippen molar-refractivity contribution in [3.8, 4) is 0 Å². The molecule has 0 atom stereocenters. The van der Waals surface area contributed by atoms with E-state index in [9.17, 15) is 13.2 Å². The molecule has 0 aliphatic rings. The van der Waals surface area contributed by atoms with E-state index in [0.717, 1.165) is 0 Å². The van der Waals surface area contributed by atoms with Crippen LogP contribution in [-0.2, 0) is 13.6 Å². The molecule has 0 spiro atoms. The van der Waals surface area contributed by atoms with Crippen molar-refractivity contribution < 1.29 is 13.2 Å². The van der Waals surface area contributed by atoms with Crippen LogP contribution in [0.25, 0.3) is 0 Å². The molecular formula is C9H13ClF3N3. The van der Waals surface area contributed by atoms with E-state index in [1.54, 1.807) is 18.7 Å². The van der Waals surface area contributed by atoms with Crippen LogP contribution in [0.3, 0.4) is 0 Å². The fourth-order valence-electron chi connectivity index (χ4n) is 1.31. The Labute approximate surface area is 96.6 Å². The molecule has 0 saturated heterocycles. The van der Waals surface area contributed by atoms with Gasteiger partial charge in [0.05, 0.1) is 22.8 Å². The molecule has 1 N–H and O–H groups in total. The van der Waals surface area contributed by atoms with Crippen LogP contribution >= 0.6 is 11.6 Å². The van der Waals surface area contributed by atoms with Gasteiger partial charge in [-0.25, -0.2) is 0 Å². The van der Waals surface area contributed by atoms with E-state index in [1.807, 2.05) is 0 Å². The highest BCUT2D eigenvalue weighted by molar-refractivity contribution is 6.31. The van der Waals surface area contributed by atoms with E-state index in [4.69, 9.17) is 11.6 Å². The van der Waals surface area contributed by atoms with Gasteiger partial charge in [-0.2, -0.15) is 18.3 Å². The topological polar surface area (TPSA) is 29.9 Å². The number of aromatic nitrogens is 2. The second-order valence-corrected chi connectivity index (χ2v) is 3.89. The molecule has 0 aliphatic carbocycles. The maximum Gasteiger partial charge on any atom is 0.390 e. The van der Waals surface area contributed by atoms with Gasteiger partial charge in [-0.15, -0.1) is 0 Å². The predicted octanol–water partition coefficient (Wildman–Crippen LogP) is 2.42. The molecule has 7 heteroatoms. The normalized spacial score (nSPS) is 12.1. The molecule has 0 unspecified atom stereocenters. The van der Waals surface area contributed by atoms with Gasteiger partial charge < -0.3 is 5.32 Å². The molecule has 3 nitrogen and oxygen atoms in total. The van der Waals surface area contributed by atoms with Crippen molar-refractivity contribution in [1.29, 1.82) is 0 Å². The smallest absolute Gasteiger partial charge is 0.311 e. The first-order valence-electron chi connectivity index (χ1n) is 4.76. The maximum absolute atomic E-state index is 11.9. The van der Waals surface area contributed by atoms with Crippen molar-refractivity contribution in [2.24, 2.45) is 7.05 Å². The Morgan fingerprint density at radius 2 is 2.06 bits per heavy atom. The van der Waals surface area contributed by atoms with Gasteiger partial charge in [-0.05, 0) is 6.92 Å². The Morgan fingerprint density at radius 3 is 2.50 bits per heavy atom. The second kappa shape index (κ2) is 5.05. The summed E-state index contributed by atoms with van der Waals surface area (Å²) >= 11 is 5.94. The number of nitrogens with zero attached hydrogens (tertiary/aromatic N) is 2. The van der Waals surface area contributed by atoms with Crippen LogP contribution in [0.1, 0.15) is 17.8 Å². The van der Waals surface area contributed by atoms with Crippen molar-refractivity contribution in [2.45, 2.75) is 26.1 Å². The van der Waals surface area contributed by atoms with Crippen molar-refractivity contribution in [3.05, 3.63) is 16.4 Å². The lowest BCUT2D eigenvalue weighted by Gasteiger charge is -2.08. The average molecular weight is 256 g/mol. The van der Waals surface area contributed by atoms with E-state index >= 15 is 0 Å². The van der Waals surface area contributed by atoms with Crippen molar-refractivity contribution in [2.75, 3.05) is 6.54 Å². The summed E-state index contributed by atoms with van der Waals surface area (Å²) in [5.41, 5.74) is 1.37. The summed E-state index contributed by atoms with van der Waals surface area (Å²) in [4.78, 5) is 0. The summed E-state index contributed by atoms with van der Waals surface area (Å²) in [7, 11) is 1.71. The molecule has 0 bridgehead atoms. The predicted molar refractivity (Wildman–Crippen MR) is 55.3 cm³/mol. The third-order valence-electron chi connectivity index (χ3n) is 2.14. The summed E-state index contributed by atoms with van der Waals surface area (Å²) in [6.45, 7) is 1.91. The lowest BCUT2D eigenvalue weighted by molar-refractivity contribution is -0.133. The Balaban J connectivity index is 2.43. The lowest BCUT2D eigenvalue weighted by Crippen LogP contribution is -2.22. The van der Waals surface area contributed by atoms with E-state index in [-0.39, 0.29) is 13.1 Å². The molecule has 1 rings (SSSR count). The average Bonchev–Trinajstić information content (AvgIpc) is 2.36. The molecular weight excluding hydrogens is 243 g/mol. The number of hydrogen-bond donors (Lipinski definition) is 1. The van der Waals surface area contributed by atoms with Gasteiger partial charge >= 0.3 is 6.18 Å². The SMILES string of the molecule is Cc1nn(C)c(CNCCC(F)(F)F)c1Cl. The lowest BCUT2D eigenvalue weighted by atomic mass is 10.3. The third-order valence-corrected chi connectivity index (χ3v) is 2.63. The number of halogens is 4. The summed E-state index contributed by atoms with van der Waals surface area (Å²) in [6, 6.07) is 0. The maximum atomic E-state index is 11.9. The highest BCUT2D eigenvalue weighted by Gasteiger charge is 2.26. The number of alkyl halides is 3. The Kier molecular flexibility index (Phi) is 4.21. The summed E-state index contributed by atoms with van der Waals surface area (Å²) in [6.07, 6.45) is -4.97. The van der Waals surface area contributed by atoms with Crippen LogP contribution in [0.2, 0.25) is 5.02 Å². The zero-order chi connectivity index (χ0) is 12.3. The van der Waals surface area contributed by atoms with Gasteiger partial charge in [-0.1, -0.05) is 11.6 Å². The van der Waals surface area contributed by atoms with Crippen LogP contribution in [0, 0.1) is 6.92 Å². The zero-order valence-electron chi connectivity index (χ0n) is 9.03. The summed E-state index contributed by atoms with van der Waals surface area (Å²) < 4.78 is 37.1. The standard InChI is InChI=1S/C9H13ClF3N3/c1-6-8(10)7(16(2)15-6)5-14-4-3-9(11,12)13/h14H,3-5H2,1-2H3. The molecule has 0 fully saturated rings. The molecule has 1 heterocycles. The minimum atomic E-state index is -4.13. The quantitative estimate of drug-likeness (QED) is 0.838. The van der Waals surface area contributed by atoms with Crippen LogP contribution in [0.5, 0.6) is 0 Å². The zero-order valence-corrected chi connectivity index (χ0v) is 9.78. The highest BCUT2D eigenvalue weighted by Crippen LogP contribution is 2.20. The minimum absolute atomic E-state index is 0.121. The van der Waals surface area contributed by atoms with E-state index in [0.29, 0.717) is 16.4 Å². The number of rotatable bonds is 4. The number of hydrogen-bond acceptors (Lipinski definition) is 2. The third kappa shape index (κ3) is 3.68. The van der Waals surface area contributed by atoms with Crippen LogP contribution in [0.4, 0.5) is 13.2 Å². The summed E-state index contributed by atoms with van der Waals surface area (Å²) in [5, 5.41) is 7.25. The second-order valence-electron chi connectivity index (χ2n) is 3.51. The Morgan fingerprint density at radius 1 is 1.44 bits per heavy atom. The van der Waals surface area contributed by atoms with Gasteiger partial charge in [0.1, 0.15) is 0 Å². The first kappa shape index (κ1) is 13.3. The number of nitrogens with one attached hydrogen (secondary N) is 1. The molecule has 0 radical (unpaired) electrons. The molecule has 92 valence electrons. The molecule has 0 aromatic carbocycles. The van der Waals surface area contributed by atoms with Gasteiger partial charge in [-0.3, -0.25) is 4.68 Å². The highest BCUT2D eigenvalue weighted by atomic mass is 35.5. The van der Waals surface area contributed by atoms with Gasteiger partial charge in [0.25, 0.3) is 0 Å². The molecule has 1 aromatic heterocycles. The van der Waals surface area contributed by atoms with Gasteiger partial charge in [0, 0.05) is 20.1 Å². The first-order chi connectivity index (χ1) is 7.31. The van der Waals surface area contributed by atoms with Crippen molar-refractivity contribution in [1.82, 2.24) is 15.1 Å². The fourth-order valence-corrected chi connectivity index (χ4v) is 1.54. The van der Waals surface area contributed by atoms with E-state index in [1.165, 1.54) is 0 Å². The fraction of sp³-hybridized carbons (Fsp3) is 0.667. The Bertz CT molecular complexity index is 360. The molecule has 1 aromatic rings. The van der Waals surface area contributed by atoms with Crippen molar-refractivity contribution >= 4 is 11.6 Å². The molecule has 0 aliphatic heterocycles. The van der Waals surface area contributed by atoms with Gasteiger partial charge in [0.15, 0.2) is 0 Å². The first-order valence-corrected chi connectivity index (χ1v) is 5.14. The minimum Gasteiger partial charge on any atom is -0.311 e. The number of aryl methyl sites for hydroxylation is 2. The van der Waals surface area contributed by atoms with Crippen molar-refractivity contribution in [3.63, 3.8) is 0 Å². The monoisotopic (exact) mass is 255 g/mol. The molecule has 0 saturated carbocycles. The summed E-state index contributed by atoms with van der Waals surface area (Å²) in [5.74, 6) is 0. The van der Waals surface area contributed by atoms with E-state index < -0.39 is 12.6 Å². The molecule has 0 amide bonds. The van der Waals surface area contributed by atoms with Crippen LogP contribution in [0.15, 0.2) is 0 Å². The van der Waals surface area contributed by atoms with Crippen LogP contribution in [-0.4, -0.2) is 22.5 Å².